The van der Waals surface area contributed by atoms with Gasteiger partial charge >= 0.3 is 12.3 Å². The van der Waals surface area contributed by atoms with Crippen molar-refractivity contribution < 1.29 is 27.8 Å². The lowest BCUT2D eigenvalue weighted by atomic mass is 10.1. The number of rotatable bonds is 2. The van der Waals surface area contributed by atoms with Gasteiger partial charge in [0.1, 0.15) is 11.6 Å². The minimum absolute atomic E-state index is 0.493. The summed E-state index contributed by atoms with van der Waals surface area (Å²) in [4.78, 5) is 13.8. The van der Waals surface area contributed by atoms with Crippen LogP contribution in [0.25, 0.3) is 0 Å². The highest BCUT2D eigenvalue weighted by Crippen LogP contribution is 2.30. The molecule has 0 saturated carbocycles. The third kappa shape index (κ3) is 2.75. The molecule has 6 nitrogen and oxygen atoms in total. The van der Waals surface area contributed by atoms with Gasteiger partial charge in [-0.3, -0.25) is 0 Å². The number of hydrogen-bond donors (Lipinski definition) is 2. The molecule has 0 aliphatic rings. The van der Waals surface area contributed by atoms with E-state index in [4.69, 9.17) is 16.1 Å². The topological polar surface area (TPSA) is 109 Å². The second-order valence-corrected chi connectivity index (χ2v) is 2.72. The van der Waals surface area contributed by atoms with Crippen LogP contribution in [0.4, 0.5) is 18.9 Å². The van der Waals surface area contributed by atoms with Gasteiger partial charge in [-0.05, 0) is 0 Å². The number of carboxylic acids is 1. The van der Waals surface area contributed by atoms with E-state index < -0.39 is 35.0 Å². The Morgan fingerprint density at radius 1 is 1.59 bits per heavy atom. The number of nitrogens with two attached hydrogens (primary N) is 1. The summed E-state index contributed by atoms with van der Waals surface area (Å²) in [6.45, 7) is 0. The summed E-state index contributed by atoms with van der Waals surface area (Å²) in [6.07, 6.45) is -4.51. The molecule has 0 amide bonds. The molecule has 0 spiro atoms. The largest absolute Gasteiger partial charge is 0.573 e. The first-order valence-corrected chi connectivity index (χ1v) is 3.94. The third-order valence-corrected chi connectivity index (χ3v) is 1.62. The zero-order valence-electron chi connectivity index (χ0n) is 7.95. The number of nitriles is 1. The molecule has 0 atom stereocenters. The zero-order chi connectivity index (χ0) is 13.2. The quantitative estimate of drug-likeness (QED) is 0.810. The van der Waals surface area contributed by atoms with Crippen LogP contribution in [0.15, 0.2) is 6.20 Å². The standard InChI is InChI=1S/C8H4F3N3O3/c9-8(10,11)17-4-2-14-6(7(15)16)3(1-12)5(4)13/h2H,(H2,13,14)(H,15,16). The van der Waals surface area contributed by atoms with E-state index in [9.17, 15) is 18.0 Å². The number of nitrogen functional groups attached to an aromatic ring is 1. The van der Waals surface area contributed by atoms with Gasteiger partial charge in [-0.1, -0.05) is 0 Å². The molecule has 0 saturated heterocycles. The molecule has 1 aromatic heterocycles. The summed E-state index contributed by atoms with van der Waals surface area (Å²) in [7, 11) is 0. The second-order valence-electron chi connectivity index (χ2n) is 2.72. The summed E-state index contributed by atoms with van der Waals surface area (Å²) in [6, 6.07) is 1.36. The number of aromatic carboxylic acids is 1. The van der Waals surface area contributed by atoms with Gasteiger partial charge < -0.3 is 15.6 Å². The predicted octanol–water partition coefficient (Wildman–Crippen LogP) is 1.13. The van der Waals surface area contributed by atoms with Gasteiger partial charge in [0.25, 0.3) is 0 Å². The van der Waals surface area contributed by atoms with Crippen molar-refractivity contribution in [1.29, 1.82) is 5.26 Å². The molecule has 3 N–H and O–H groups in total. The van der Waals surface area contributed by atoms with Crippen LogP contribution in [-0.4, -0.2) is 22.4 Å². The number of halogens is 3. The van der Waals surface area contributed by atoms with E-state index in [1.165, 1.54) is 6.07 Å². The van der Waals surface area contributed by atoms with E-state index in [0.717, 1.165) is 0 Å². The van der Waals surface area contributed by atoms with E-state index >= 15 is 0 Å². The maximum Gasteiger partial charge on any atom is 0.573 e. The van der Waals surface area contributed by atoms with Crippen LogP contribution in [0.5, 0.6) is 5.75 Å². The molecule has 0 bridgehead atoms. The summed E-state index contributed by atoms with van der Waals surface area (Å²) in [5.41, 5.74) is 3.05. The minimum Gasteiger partial charge on any atom is -0.476 e. The Balaban J connectivity index is 3.32. The second kappa shape index (κ2) is 4.17. The summed E-state index contributed by atoms with van der Waals surface area (Å²) < 4.78 is 39.2. The molecular weight excluding hydrogens is 243 g/mol. The third-order valence-electron chi connectivity index (χ3n) is 1.62. The SMILES string of the molecule is N#Cc1c(C(=O)O)ncc(OC(F)(F)F)c1N. The van der Waals surface area contributed by atoms with Crippen molar-refractivity contribution in [3.8, 4) is 11.8 Å². The van der Waals surface area contributed by atoms with Crippen LogP contribution >= 0.6 is 0 Å². The maximum absolute atomic E-state index is 11.9. The van der Waals surface area contributed by atoms with E-state index in [1.54, 1.807) is 0 Å². The first-order valence-electron chi connectivity index (χ1n) is 3.94. The van der Waals surface area contributed by atoms with Crippen molar-refractivity contribution in [3.05, 3.63) is 17.5 Å². The van der Waals surface area contributed by atoms with E-state index in [1.807, 2.05) is 0 Å². The molecule has 0 radical (unpaired) electrons. The molecule has 1 heterocycles. The zero-order valence-corrected chi connectivity index (χ0v) is 7.95. The minimum atomic E-state index is -5.01. The van der Waals surface area contributed by atoms with Crippen molar-refractivity contribution in [1.82, 2.24) is 4.98 Å². The van der Waals surface area contributed by atoms with Crippen molar-refractivity contribution >= 4 is 11.7 Å². The highest BCUT2D eigenvalue weighted by atomic mass is 19.4. The Bertz CT molecular complexity index is 507. The lowest BCUT2D eigenvalue weighted by Crippen LogP contribution is -2.19. The first kappa shape index (κ1) is 12.6. The number of carbonyl (C=O) groups is 1. The fraction of sp³-hybridized carbons (Fsp3) is 0.125. The van der Waals surface area contributed by atoms with Gasteiger partial charge in [-0.2, -0.15) is 5.26 Å². The van der Waals surface area contributed by atoms with Gasteiger partial charge in [0, 0.05) is 0 Å². The lowest BCUT2D eigenvalue weighted by molar-refractivity contribution is -0.274. The molecule has 0 aliphatic carbocycles. The monoisotopic (exact) mass is 247 g/mol. The molecular formula is C8H4F3N3O3. The van der Waals surface area contributed by atoms with Gasteiger partial charge in [0.05, 0.1) is 11.9 Å². The van der Waals surface area contributed by atoms with Crippen LogP contribution in [0, 0.1) is 11.3 Å². The molecule has 0 unspecified atom stereocenters. The highest BCUT2D eigenvalue weighted by molar-refractivity contribution is 5.91. The highest BCUT2D eigenvalue weighted by Gasteiger charge is 2.33. The smallest absolute Gasteiger partial charge is 0.476 e. The fourth-order valence-corrected chi connectivity index (χ4v) is 0.989. The van der Waals surface area contributed by atoms with Gasteiger partial charge in [-0.25, -0.2) is 9.78 Å². The first-order chi connectivity index (χ1) is 7.76. The fourth-order valence-electron chi connectivity index (χ4n) is 0.989. The maximum atomic E-state index is 11.9. The molecule has 0 fully saturated rings. The number of alkyl halides is 3. The molecule has 0 aliphatic heterocycles. The van der Waals surface area contributed by atoms with Gasteiger partial charge in [0.15, 0.2) is 11.4 Å². The average molecular weight is 247 g/mol. The Morgan fingerprint density at radius 2 is 2.18 bits per heavy atom. The van der Waals surface area contributed by atoms with Crippen molar-refractivity contribution in [2.24, 2.45) is 0 Å². The van der Waals surface area contributed by atoms with Crippen molar-refractivity contribution in [3.63, 3.8) is 0 Å². The van der Waals surface area contributed by atoms with Crippen LogP contribution in [0.3, 0.4) is 0 Å². The lowest BCUT2D eigenvalue weighted by Gasteiger charge is -2.11. The summed E-state index contributed by atoms with van der Waals surface area (Å²) in [5, 5.41) is 17.2. The molecule has 17 heavy (non-hydrogen) atoms. The van der Waals surface area contributed by atoms with Gasteiger partial charge in [0.2, 0.25) is 0 Å². The van der Waals surface area contributed by atoms with Crippen LogP contribution in [-0.2, 0) is 0 Å². The Labute approximate surface area is 92.0 Å². The molecule has 9 heteroatoms. The summed E-state index contributed by atoms with van der Waals surface area (Å²) in [5.74, 6) is -2.49. The Kier molecular flexibility index (Phi) is 3.08. The van der Waals surface area contributed by atoms with Gasteiger partial charge in [-0.15, -0.1) is 13.2 Å². The van der Waals surface area contributed by atoms with Crippen LogP contribution in [0.1, 0.15) is 16.1 Å². The summed E-state index contributed by atoms with van der Waals surface area (Å²) >= 11 is 0. The number of nitrogens with zero attached hydrogens (tertiary/aromatic N) is 2. The molecule has 1 aromatic rings. The van der Waals surface area contributed by atoms with Crippen molar-refractivity contribution in [2.75, 3.05) is 5.73 Å². The average Bonchev–Trinajstić information content (AvgIpc) is 2.18. The van der Waals surface area contributed by atoms with Crippen LogP contribution < -0.4 is 10.5 Å². The number of pyridine rings is 1. The predicted molar refractivity (Wildman–Crippen MR) is 47.0 cm³/mol. The molecule has 1 rings (SSSR count). The number of ether oxygens (including phenoxy) is 1. The normalized spacial score (nSPS) is 10.7. The molecule has 0 aromatic carbocycles. The van der Waals surface area contributed by atoms with E-state index in [0.29, 0.717) is 6.20 Å². The van der Waals surface area contributed by atoms with E-state index in [2.05, 4.69) is 9.72 Å². The van der Waals surface area contributed by atoms with E-state index in [-0.39, 0.29) is 0 Å². The van der Waals surface area contributed by atoms with Crippen molar-refractivity contribution in [2.45, 2.75) is 6.36 Å². The Morgan fingerprint density at radius 3 is 2.59 bits per heavy atom. The Hall–Kier alpha value is -2.50. The number of hydrogen-bond acceptors (Lipinski definition) is 5. The van der Waals surface area contributed by atoms with Crippen LogP contribution in [0.2, 0.25) is 0 Å². The number of aromatic nitrogens is 1. The number of anilines is 1. The molecule has 90 valence electrons. The number of carboxylic acid groups (broad SMARTS) is 1.